The first kappa shape index (κ1) is 11.8. The molecule has 0 saturated heterocycles. The molecule has 0 spiro atoms. The molecule has 1 aromatic carbocycles. The lowest BCUT2D eigenvalue weighted by molar-refractivity contribution is -0.127. The molecule has 0 radical (unpaired) electrons. The molecule has 0 saturated carbocycles. The second kappa shape index (κ2) is 5.08. The first-order chi connectivity index (χ1) is 8.22. The lowest BCUT2D eigenvalue weighted by Crippen LogP contribution is -2.45. The minimum absolute atomic E-state index is 0.0495. The van der Waals surface area contributed by atoms with Gasteiger partial charge in [0.05, 0.1) is 12.2 Å². The molecule has 1 aromatic rings. The highest BCUT2D eigenvalue weighted by Crippen LogP contribution is 2.31. The number of fused-ring (bicyclic) bond motifs is 1. The van der Waals surface area contributed by atoms with E-state index in [0.29, 0.717) is 13.1 Å². The van der Waals surface area contributed by atoms with Crippen LogP contribution in [0.3, 0.4) is 0 Å². The zero-order chi connectivity index (χ0) is 12.3. The maximum atomic E-state index is 11.8. The molecule has 0 bridgehead atoms. The van der Waals surface area contributed by atoms with Crippen LogP contribution >= 0.6 is 0 Å². The number of anilines is 1. The van der Waals surface area contributed by atoms with Gasteiger partial charge in [-0.25, -0.2) is 0 Å². The average Bonchev–Trinajstić information content (AvgIpc) is 2.36. The van der Waals surface area contributed by atoms with Crippen molar-refractivity contribution in [1.82, 2.24) is 5.32 Å². The van der Waals surface area contributed by atoms with Crippen LogP contribution in [0.25, 0.3) is 0 Å². The van der Waals surface area contributed by atoms with E-state index in [9.17, 15) is 4.79 Å². The van der Waals surface area contributed by atoms with Crippen molar-refractivity contribution in [1.29, 1.82) is 0 Å². The summed E-state index contributed by atoms with van der Waals surface area (Å²) in [4.78, 5) is 11.8. The van der Waals surface area contributed by atoms with Crippen LogP contribution in [0.1, 0.15) is 18.9 Å². The van der Waals surface area contributed by atoms with E-state index in [-0.39, 0.29) is 5.91 Å². The Morgan fingerprint density at radius 2 is 2.41 bits per heavy atom. The molecule has 2 N–H and O–H groups in total. The van der Waals surface area contributed by atoms with Crippen LogP contribution in [0.4, 0.5) is 5.69 Å². The molecule has 17 heavy (non-hydrogen) atoms. The fraction of sp³-hybridized carbons (Fsp3) is 0.462. The van der Waals surface area contributed by atoms with E-state index in [0.717, 1.165) is 23.4 Å². The number of aryl methyl sites for hydroxylation is 1. The Morgan fingerprint density at radius 1 is 1.59 bits per heavy atom. The highest BCUT2D eigenvalue weighted by molar-refractivity contribution is 5.83. The largest absolute Gasteiger partial charge is 0.477 e. The Labute approximate surface area is 101 Å². The summed E-state index contributed by atoms with van der Waals surface area (Å²) < 4.78 is 5.70. The predicted molar refractivity (Wildman–Crippen MR) is 67.4 cm³/mol. The number of rotatable bonds is 3. The summed E-state index contributed by atoms with van der Waals surface area (Å²) in [5.74, 6) is 0.708. The van der Waals surface area contributed by atoms with Gasteiger partial charge >= 0.3 is 0 Å². The van der Waals surface area contributed by atoms with Gasteiger partial charge in [0, 0.05) is 6.54 Å². The second-order valence-electron chi connectivity index (χ2n) is 4.23. The van der Waals surface area contributed by atoms with E-state index in [1.165, 1.54) is 0 Å². The predicted octanol–water partition coefficient (Wildman–Crippen LogP) is 1.69. The zero-order valence-electron chi connectivity index (χ0n) is 10.2. The van der Waals surface area contributed by atoms with Gasteiger partial charge in [-0.3, -0.25) is 4.79 Å². The molecule has 2 rings (SSSR count). The van der Waals surface area contributed by atoms with Crippen LogP contribution in [0.15, 0.2) is 18.2 Å². The normalized spacial score (nSPS) is 17.6. The van der Waals surface area contributed by atoms with Crippen LogP contribution in [-0.2, 0) is 4.79 Å². The smallest absolute Gasteiger partial charge is 0.262 e. The van der Waals surface area contributed by atoms with Gasteiger partial charge in [0.2, 0.25) is 0 Å². The fourth-order valence-electron chi connectivity index (χ4n) is 1.86. The highest BCUT2D eigenvalue weighted by Gasteiger charge is 2.25. The van der Waals surface area contributed by atoms with Gasteiger partial charge in [-0.1, -0.05) is 19.1 Å². The number of benzene rings is 1. The lowest BCUT2D eigenvalue weighted by atomic mass is 10.1. The summed E-state index contributed by atoms with van der Waals surface area (Å²) in [6, 6.07) is 5.84. The van der Waals surface area contributed by atoms with Crippen molar-refractivity contribution < 1.29 is 9.53 Å². The van der Waals surface area contributed by atoms with E-state index in [1.807, 2.05) is 32.0 Å². The molecule has 0 fully saturated rings. The third-order valence-electron chi connectivity index (χ3n) is 2.81. The number of hydrogen-bond donors (Lipinski definition) is 2. The molecule has 1 aliphatic heterocycles. The van der Waals surface area contributed by atoms with Gasteiger partial charge in [0.1, 0.15) is 5.75 Å². The van der Waals surface area contributed by atoms with E-state index in [1.54, 1.807) is 0 Å². The van der Waals surface area contributed by atoms with Crippen molar-refractivity contribution in [2.75, 3.05) is 18.4 Å². The molecule has 1 amide bonds. The molecular weight excluding hydrogens is 216 g/mol. The van der Waals surface area contributed by atoms with E-state index in [2.05, 4.69) is 10.6 Å². The highest BCUT2D eigenvalue weighted by atomic mass is 16.5. The Hall–Kier alpha value is -1.71. The Bertz CT molecular complexity index is 418. The molecule has 0 aromatic heterocycles. The number of amides is 1. The fourth-order valence-corrected chi connectivity index (χ4v) is 1.86. The lowest BCUT2D eigenvalue weighted by Gasteiger charge is -2.27. The van der Waals surface area contributed by atoms with Crippen molar-refractivity contribution in [3.8, 4) is 5.75 Å². The number of nitrogens with one attached hydrogen (secondary N) is 2. The SMILES string of the molecule is CCCNC(=O)C1CNc2c(C)cccc2O1. The number of carbonyl (C=O) groups is 1. The summed E-state index contributed by atoms with van der Waals surface area (Å²) >= 11 is 0. The Kier molecular flexibility index (Phi) is 3.52. The van der Waals surface area contributed by atoms with Crippen LogP contribution in [0, 0.1) is 6.92 Å². The number of carbonyl (C=O) groups excluding carboxylic acids is 1. The third kappa shape index (κ3) is 2.52. The third-order valence-corrected chi connectivity index (χ3v) is 2.81. The van der Waals surface area contributed by atoms with Crippen molar-refractivity contribution in [2.45, 2.75) is 26.4 Å². The van der Waals surface area contributed by atoms with Crippen molar-refractivity contribution in [3.05, 3.63) is 23.8 Å². The molecule has 1 unspecified atom stereocenters. The number of hydrogen-bond acceptors (Lipinski definition) is 3. The van der Waals surface area contributed by atoms with Crippen molar-refractivity contribution >= 4 is 11.6 Å². The van der Waals surface area contributed by atoms with Gasteiger partial charge in [-0.15, -0.1) is 0 Å². The van der Waals surface area contributed by atoms with Gasteiger partial charge in [-0.2, -0.15) is 0 Å². The van der Waals surface area contributed by atoms with Crippen LogP contribution < -0.4 is 15.4 Å². The second-order valence-corrected chi connectivity index (χ2v) is 4.23. The Morgan fingerprint density at radius 3 is 3.18 bits per heavy atom. The van der Waals surface area contributed by atoms with Crippen molar-refractivity contribution in [3.63, 3.8) is 0 Å². The molecule has 1 atom stereocenters. The average molecular weight is 234 g/mol. The van der Waals surface area contributed by atoms with Gasteiger partial charge in [0.25, 0.3) is 5.91 Å². The zero-order valence-corrected chi connectivity index (χ0v) is 10.2. The topological polar surface area (TPSA) is 50.4 Å². The van der Waals surface area contributed by atoms with Crippen molar-refractivity contribution in [2.24, 2.45) is 0 Å². The quantitative estimate of drug-likeness (QED) is 0.837. The summed E-state index contributed by atoms with van der Waals surface area (Å²) in [7, 11) is 0. The Balaban J connectivity index is 2.06. The molecule has 1 aliphatic rings. The molecule has 92 valence electrons. The molecule has 1 heterocycles. The maximum Gasteiger partial charge on any atom is 0.262 e. The van der Waals surface area contributed by atoms with Crippen LogP contribution in [-0.4, -0.2) is 25.1 Å². The monoisotopic (exact) mass is 234 g/mol. The first-order valence-electron chi connectivity index (χ1n) is 6.00. The molecule has 0 aliphatic carbocycles. The van der Waals surface area contributed by atoms with E-state index < -0.39 is 6.10 Å². The first-order valence-corrected chi connectivity index (χ1v) is 6.00. The maximum absolute atomic E-state index is 11.8. The number of para-hydroxylation sites is 1. The van der Waals surface area contributed by atoms with Crippen LogP contribution in [0.2, 0.25) is 0 Å². The van der Waals surface area contributed by atoms with Gasteiger partial charge < -0.3 is 15.4 Å². The number of ether oxygens (including phenoxy) is 1. The minimum Gasteiger partial charge on any atom is -0.477 e. The van der Waals surface area contributed by atoms with Crippen LogP contribution in [0.5, 0.6) is 5.75 Å². The van der Waals surface area contributed by atoms with E-state index >= 15 is 0 Å². The summed E-state index contributed by atoms with van der Waals surface area (Å²) in [6.07, 6.45) is 0.498. The summed E-state index contributed by atoms with van der Waals surface area (Å²) in [6.45, 7) is 5.26. The van der Waals surface area contributed by atoms with Gasteiger partial charge in [0.15, 0.2) is 6.10 Å². The molecule has 4 heteroatoms. The molecule has 4 nitrogen and oxygen atoms in total. The summed E-state index contributed by atoms with van der Waals surface area (Å²) in [5, 5.41) is 6.10. The van der Waals surface area contributed by atoms with Gasteiger partial charge in [-0.05, 0) is 25.0 Å². The summed E-state index contributed by atoms with van der Waals surface area (Å²) in [5.41, 5.74) is 2.13. The minimum atomic E-state index is -0.434. The standard InChI is InChI=1S/C13H18N2O2/c1-3-7-14-13(16)11-8-15-12-9(2)5-4-6-10(12)17-11/h4-6,11,15H,3,7-8H2,1-2H3,(H,14,16). The molecular formula is C13H18N2O2. The van der Waals surface area contributed by atoms with E-state index in [4.69, 9.17) is 4.74 Å².